The monoisotopic (exact) mass is 488 g/mol. The molecule has 1 aromatic carbocycles. The van der Waals surface area contributed by atoms with E-state index < -0.39 is 34.2 Å². The van der Waals surface area contributed by atoms with Crippen molar-refractivity contribution in [3.63, 3.8) is 0 Å². The summed E-state index contributed by atoms with van der Waals surface area (Å²) in [5.41, 5.74) is -0.962. The number of sulfone groups is 1. The number of carbonyl (C=O) groups is 1. The second-order valence-electron chi connectivity index (χ2n) is 12.2. The minimum atomic E-state index is -3.66. The molecule has 0 heterocycles. The third-order valence-electron chi connectivity index (χ3n) is 8.12. The van der Waals surface area contributed by atoms with Gasteiger partial charge in [0.15, 0.2) is 23.9 Å². The van der Waals surface area contributed by atoms with Crippen LogP contribution in [-0.4, -0.2) is 33.9 Å². The van der Waals surface area contributed by atoms with Crippen molar-refractivity contribution in [1.29, 1.82) is 0 Å². The maximum Gasteiger partial charge on any atom is 0.192 e. The predicted molar refractivity (Wildman–Crippen MR) is 137 cm³/mol. The van der Waals surface area contributed by atoms with Gasteiger partial charge in [-0.05, 0) is 54.1 Å². The number of hydrogen-bond acceptors (Lipinski definition) is 4. The molecule has 4 atom stereocenters. The zero-order chi connectivity index (χ0) is 24.9. The standard InChI is InChI=1S/C27H40O4SSi/c1-25(2,3)33(7,8)31-24-15-17-27(6)16-14-20(28)18-22(27)23(19-26(24,4)5)32(29,30)21-12-10-9-11-13-21/h9-17,22-24H,18-19H2,1-8H3/b17-15-/t22-,23-,24+,27+/m1/s1. The smallest absolute Gasteiger partial charge is 0.192 e. The van der Waals surface area contributed by atoms with E-state index in [1.165, 1.54) is 0 Å². The molecular formula is C27H40O4SSi. The van der Waals surface area contributed by atoms with Crippen LogP contribution in [0, 0.1) is 16.7 Å². The van der Waals surface area contributed by atoms with E-state index in [1.807, 2.05) is 19.1 Å². The molecule has 0 bridgehead atoms. The minimum Gasteiger partial charge on any atom is -0.410 e. The minimum absolute atomic E-state index is 0.00779. The Morgan fingerprint density at radius 1 is 1.03 bits per heavy atom. The van der Waals surface area contributed by atoms with Gasteiger partial charge in [-0.1, -0.05) is 78.0 Å². The average molecular weight is 489 g/mol. The number of allylic oxidation sites excluding steroid dienone is 3. The molecule has 0 aromatic heterocycles. The molecule has 0 amide bonds. The van der Waals surface area contributed by atoms with Gasteiger partial charge in [0.05, 0.1) is 16.2 Å². The summed E-state index contributed by atoms with van der Waals surface area (Å²) in [6, 6.07) is 8.67. The summed E-state index contributed by atoms with van der Waals surface area (Å²) >= 11 is 0. The van der Waals surface area contributed by atoms with E-state index in [1.54, 1.807) is 30.3 Å². The number of fused-ring (bicyclic) bond motifs is 1. The first-order valence-electron chi connectivity index (χ1n) is 11.9. The van der Waals surface area contributed by atoms with Crippen LogP contribution in [0.1, 0.15) is 54.4 Å². The van der Waals surface area contributed by atoms with Gasteiger partial charge in [-0.25, -0.2) is 8.42 Å². The first-order chi connectivity index (χ1) is 15.0. The van der Waals surface area contributed by atoms with E-state index in [0.29, 0.717) is 11.3 Å². The van der Waals surface area contributed by atoms with Gasteiger partial charge in [-0.15, -0.1) is 0 Å². The third kappa shape index (κ3) is 5.13. The van der Waals surface area contributed by atoms with Crippen LogP contribution in [0.15, 0.2) is 59.5 Å². The lowest BCUT2D eigenvalue weighted by atomic mass is 9.64. The Morgan fingerprint density at radius 2 is 1.64 bits per heavy atom. The second kappa shape index (κ2) is 8.62. The molecule has 2 aliphatic rings. The number of rotatable bonds is 4. The Bertz CT molecular complexity index is 1050. The lowest BCUT2D eigenvalue weighted by Crippen LogP contribution is -2.51. The van der Waals surface area contributed by atoms with Gasteiger partial charge in [-0.3, -0.25) is 4.79 Å². The first kappa shape index (κ1) is 26.1. The summed E-state index contributed by atoms with van der Waals surface area (Å²) in [4.78, 5) is 12.8. The normalized spacial score (nSPS) is 31.4. The maximum absolute atomic E-state index is 14.0. The fraction of sp³-hybridized carbons (Fsp3) is 0.593. The van der Waals surface area contributed by atoms with Crippen LogP contribution in [-0.2, 0) is 19.1 Å². The topological polar surface area (TPSA) is 60.4 Å². The molecule has 0 saturated heterocycles. The Labute approximate surface area is 201 Å². The van der Waals surface area contributed by atoms with Crippen molar-refractivity contribution in [2.24, 2.45) is 16.7 Å². The van der Waals surface area contributed by atoms with E-state index in [4.69, 9.17) is 4.43 Å². The summed E-state index contributed by atoms with van der Waals surface area (Å²) < 4.78 is 34.9. The largest absolute Gasteiger partial charge is 0.410 e. The summed E-state index contributed by atoms with van der Waals surface area (Å²) in [5, 5.41) is -0.650. The molecule has 0 N–H and O–H groups in total. The molecule has 6 heteroatoms. The highest BCUT2D eigenvalue weighted by atomic mass is 32.2. The molecule has 33 heavy (non-hydrogen) atoms. The van der Waals surface area contributed by atoms with Crippen molar-refractivity contribution < 1.29 is 17.6 Å². The van der Waals surface area contributed by atoms with E-state index in [2.05, 4.69) is 59.9 Å². The van der Waals surface area contributed by atoms with E-state index >= 15 is 0 Å². The Kier molecular flexibility index (Phi) is 6.82. The van der Waals surface area contributed by atoms with Crippen molar-refractivity contribution in [2.45, 2.75) is 88.8 Å². The van der Waals surface area contributed by atoms with Gasteiger partial charge in [0.25, 0.3) is 0 Å². The lowest BCUT2D eigenvalue weighted by Gasteiger charge is -2.48. The van der Waals surface area contributed by atoms with Crippen molar-refractivity contribution in [2.75, 3.05) is 0 Å². The van der Waals surface area contributed by atoms with Crippen LogP contribution < -0.4 is 0 Å². The van der Waals surface area contributed by atoms with Gasteiger partial charge in [0.1, 0.15) is 0 Å². The van der Waals surface area contributed by atoms with Crippen LogP contribution in [0.2, 0.25) is 18.1 Å². The summed E-state index contributed by atoms with van der Waals surface area (Å²) in [6.07, 6.45) is 8.20. The Balaban J connectivity index is 2.15. The molecule has 3 rings (SSSR count). The Morgan fingerprint density at radius 3 is 2.21 bits per heavy atom. The van der Waals surface area contributed by atoms with E-state index in [9.17, 15) is 13.2 Å². The number of benzene rings is 1. The van der Waals surface area contributed by atoms with Gasteiger partial charge < -0.3 is 4.43 Å². The maximum atomic E-state index is 14.0. The molecule has 2 aliphatic carbocycles. The van der Waals surface area contributed by atoms with Gasteiger partial charge in [-0.2, -0.15) is 0 Å². The fourth-order valence-corrected chi connectivity index (χ4v) is 8.49. The van der Waals surface area contributed by atoms with Gasteiger partial charge in [0, 0.05) is 11.8 Å². The fourth-order valence-electron chi connectivity index (χ4n) is 4.75. The number of hydrogen-bond donors (Lipinski definition) is 0. The lowest BCUT2D eigenvalue weighted by molar-refractivity contribution is -0.116. The summed E-state index contributed by atoms with van der Waals surface area (Å²) in [6.45, 7) is 17.4. The van der Waals surface area contributed by atoms with E-state index in [-0.39, 0.29) is 29.3 Å². The molecule has 0 radical (unpaired) electrons. The van der Waals surface area contributed by atoms with Crippen molar-refractivity contribution >= 4 is 23.9 Å². The molecule has 4 nitrogen and oxygen atoms in total. The first-order valence-corrected chi connectivity index (χ1v) is 16.3. The van der Waals surface area contributed by atoms with Crippen molar-refractivity contribution in [3.05, 3.63) is 54.6 Å². The highest BCUT2D eigenvalue weighted by molar-refractivity contribution is 7.92. The molecule has 0 spiro atoms. The van der Waals surface area contributed by atoms with Crippen LogP contribution in [0.5, 0.6) is 0 Å². The highest BCUT2D eigenvalue weighted by Gasteiger charge is 2.51. The number of carbonyl (C=O) groups excluding carboxylic acids is 1. The Hall–Kier alpha value is -1.50. The SMILES string of the molecule is CC1(C)C[C@@H](S(=O)(=O)c2ccccc2)[C@H]2CC(=O)C=C[C@@]2(C)/C=C\[C@@H]1O[Si](C)(C)C(C)(C)C. The molecule has 0 unspecified atom stereocenters. The van der Waals surface area contributed by atoms with Crippen molar-refractivity contribution in [3.8, 4) is 0 Å². The predicted octanol–water partition coefficient (Wildman–Crippen LogP) is 6.36. The summed E-state index contributed by atoms with van der Waals surface area (Å²) in [7, 11) is -5.77. The van der Waals surface area contributed by atoms with E-state index in [0.717, 1.165) is 0 Å². The van der Waals surface area contributed by atoms with Crippen LogP contribution in [0.3, 0.4) is 0 Å². The zero-order valence-electron chi connectivity index (χ0n) is 21.4. The van der Waals surface area contributed by atoms with Crippen LogP contribution >= 0.6 is 0 Å². The molecule has 1 aromatic rings. The molecule has 182 valence electrons. The summed E-state index contributed by atoms with van der Waals surface area (Å²) in [5.74, 6) is -0.337. The quantitative estimate of drug-likeness (QED) is 0.366. The average Bonchev–Trinajstić information content (AvgIpc) is 2.70. The number of ketones is 1. The van der Waals surface area contributed by atoms with Crippen LogP contribution in [0.4, 0.5) is 0 Å². The molecule has 0 saturated carbocycles. The molecule has 0 aliphatic heterocycles. The molecule has 0 fully saturated rings. The van der Waals surface area contributed by atoms with Gasteiger partial charge >= 0.3 is 0 Å². The highest BCUT2D eigenvalue weighted by Crippen LogP contribution is 2.50. The van der Waals surface area contributed by atoms with Gasteiger partial charge in [0.2, 0.25) is 0 Å². The third-order valence-corrected chi connectivity index (χ3v) is 14.8. The molecular weight excluding hydrogens is 448 g/mol. The van der Waals surface area contributed by atoms with Crippen molar-refractivity contribution in [1.82, 2.24) is 0 Å². The second-order valence-corrected chi connectivity index (χ2v) is 19.1. The van der Waals surface area contributed by atoms with Crippen LogP contribution in [0.25, 0.3) is 0 Å². The zero-order valence-corrected chi connectivity index (χ0v) is 23.2.